The molecule has 612 valence electrons. The maximum absolute atomic E-state index is 11.8. The molecule has 0 saturated heterocycles. The van der Waals surface area contributed by atoms with Gasteiger partial charge in [0.15, 0.2) is 0 Å². The number of hydrogen-bond acceptors (Lipinski definition) is 20. The van der Waals surface area contributed by atoms with Crippen LogP contribution in [0.4, 0.5) is 0 Å². The number of carbonyl (C=O) groups excluding carboxylic acids is 7. The van der Waals surface area contributed by atoms with E-state index in [1.165, 1.54) is 6.08 Å². The van der Waals surface area contributed by atoms with Gasteiger partial charge in [0, 0.05) is 208 Å². The first kappa shape index (κ1) is 129. The topological polar surface area (TPSA) is 334 Å². The van der Waals surface area contributed by atoms with E-state index < -0.39 is 22.9 Å². The van der Waals surface area contributed by atoms with E-state index in [4.69, 9.17) is 61.6 Å². The fourth-order valence-corrected chi connectivity index (χ4v) is 9.12. The molecule has 20 nitrogen and oxygen atoms in total. The molecule has 2 unspecified atom stereocenters. The third kappa shape index (κ3) is 62.4. The first-order chi connectivity index (χ1) is 49.8. The molecular formula is C87H125N5O15Y6-6. The Labute approximate surface area is 829 Å². The zero-order valence-corrected chi connectivity index (χ0v) is 89.2. The standard InChI is InChI=1S/C15H22NO3.C15H19O2.3C13H18NO2.C9H9O.C7H12O2.C2H6.H3NO.6Y/c1-10-6-7-11(2)12(8-10)13(19-16)9-14(17)18-15(3,4)5;1-11-6-7-12(2)13(10-11)8-9-14(16)17-15(3,4)5;3*1-4-16-13(15)8-12(14)11-7-9(2)5-6-10(11)3;1-7-3-4-8(2)9(5-7)6-10;1-5-6(8)9-7(2,3)4;2*1-2;;;;;;/h6,8,13H,9,16H2,1-5H3;6,8-10H,1-5H3;3*5,7,12H,4,8,14H2,1-3H3;3,5-6H,1-2H3;5H,1H2,2-4H3;1-2H3;2H,1H2;;;;;;/q6*-1;;;;;;;;;/b;9-8+;;;;;;;;;;;;;/t;;2*12-;;;;;;;;;;;/m..10.........../s1. The Morgan fingerprint density at radius 1 is 0.407 bits per heavy atom. The summed E-state index contributed by atoms with van der Waals surface area (Å²) in [6.07, 6.45) is 5.47. The summed E-state index contributed by atoms with van der Waals surface area (Å²) in [4.78, 5) is 83.1. The monoisotopic (exact) mass is 2010 g/mol. The molecule has 0 aliphatic carbocycles. The van der Waals surface area contributed by atoms with Gasteiger partial charge in [0.1, 0.15) is 16.8 Å². The van der Waals surface area contributed by atoms with Crippen molar-refractivity contribution in [2.45, 2.75) is 247 Å². The van der Waals surface area contributed by atoms with Crippen molar-refractivity contribution in [2.75, 3.05) is 19.8 Å². The third-order valence-electron chi connectivity index (χ3n) is 14.1. The molecule has 6 aromatic carbocycles. The van der Waals surface area contributed by atoms with Crippen LogP contribution in [0.2, 0.25) is 0 Å². The molecule has 6 rings (SSSR count). The van der Waals surface area contributed by atoms with Crippen molar-refractivity contribution in [3.63, 3.8) is 0 Å². The summed E-state index contributed by atoms with van der Waals surface area (Å²) in [5, 5.41) is 6.50. The molecular weight excluding hydrogens is 1890 g/mol. The predicted octanol–water partition coefficient (Wildman–Crippen LogP) is 16.2. The number of esters is 6. The predicted molar refractivity (Wildman–Crippen MR) is 425 cm³/mol. The number of aryl methyl sites for hydroxylation is 12. The minimum absolute atomic E-state index is 0. The van der Waals surface area contributed by atoms with Gasteiger partial charge in [0.2, 0.25) is 0 Å². The van der Waals surface area contributed by atoms with Gasteiger partial charge in [-0.05, 0) is 101 Å². The van der Waals surface area contributed by atoms with Gasteiger partial charge >= 0.3 is 35.8 Å². The Morgan fingerprint density at radius 3 is 0.920 bits per heavy atom. The Morgan fingerprint density at radius 2 is 0.664 bits per heavy atom. The molecule has 0 spiro atoms. The first-order valence-electron chi connectivity index (χ1n) is 35.5. The number of carbonyl (C=O) groups is 7. The normalized spacial score (nSPS) is 11.0. The largest absolute Gasteiger partial charge is 0.466 e. The second kappa shape index (κ2) is 70.3. The van der Waals surface area contributed by atoms with E-state index in [-0.39, 0.29) is 276 Å². The fraction of sp³-hybridized carbons (Fsp3) is 0.460. The van der Waals surface area contributed by atoms with Crippen LogP contribution in [0.5, 0.6) is 0 Å². The fourth-order valence-electron chi connectivity index (χ4n) is 9.12. The Kier molecular flexibility index (Phi) is 80.1. The van der Waals surface area contributed by atoms with Crippen LogP contribution in [0.3, 0.4) is 0 Å². The van der Waals surface area contributed by atoms with E-state index >= 15 is 0 Å². The minimum atomic E-state index is -0.510. The van der Waals surface area contributed by atoms with Gasteiger partial charge in [-0.25, -0.2) is 21.4 Å². The number of rotatable bonds is 20. The molecule has 0 aliphatic heterocycles. The molecule has 0 saturated carbocycles. The number of nitrogens with two attached hydrogens (primary N) is 5. The van der Waals surface area contributed by atoms with Gasteiger partial charge in [-0.15, -0.1) is 33.9 Å². The molecule has 4 atom stereocenters. The minimum Gasteiger partial charge on any atom is -0.466 e. The van der Waals surface area contributed by atoms with Crippen LogP contribution in [0.1, 0.15) is 252 Å². The second-order valence-corrected chi connectivity index (χ2v) is 27.5. The van der Waals surface area contributed by atoms with Gasteiger partial charge in [0.05, 0.1) is 57.9 Å². The van der Waals surface area contributed by atoms with Crippen LogP contribution in [0, 0.1) is 119 Å². The number of hydrogen-bond donors (Lipinski definition) is 6. The summed E-state index contributed by atoms with van der Waals surface area (Å²) in [6, 6.07) is 40.9. The van der Waals surface area contributed by atoms with Crippen LogP contribution < -0.4 is 29.0 Å². The van der Waals surface area contributed by atoms with Crippen LogP contribution in [0.15, 0.2) is 91.5 Å². The van der Waals surface area contributed by atoms with Crippen molar-refractivity contribution < 1.29 is 268 Å². The van der Waals surface area contributed by atoms with Crippen LogP contribution in [-0.2, 0) is 258 Å². The Balaban J connectivity index is -0.000000158. The van der Waals surface area contributed by atoms with Gasteiger partial charge in [-0.2, -0.15) is 176 Å². The molecule has 6 radical (unpaired) electrons. The van der Waals surface area contributed by atoms with Crippen LogP contribution >= 0.6 is 0 Å². The van der Waals surface area contributed by atoms with Crippen molar-refractivity contribution >= 4 is 48.2 Å². The molecule has 113 heavy (non-hydrogen) atoms. The summed E-state index contributed by atoms with van der Waals surface area (Å²) in [7, 11) is 0. The summed E-state index contributed by atoms with van der Waals surface area (Å²) >= 11 is 0. The van der Waals surface area contributed by atoms with E-state index in [0.29, 0.717) is 19.8 Å². The summed E-state index contributed by atoms with van der Waals surface area (Å²) in [5.74, 6) is 7.03. The molecule has 0 aromatic heterocycles. The number of ether oxygens (including phenoxy) is 6. The van der Waals surface area contributed by atoms with Gasteiger partial charge in [-0.1, -0.05) is 109 Å². The molecule has 0 fully saturated rings. The Bertz CT molecular complexity index is 3570. The van der Waals surface area contributed by atoms with E-state index in [0.717, 1.165) is 113 Å². The Hall–Kier alpha value is -2.37. The van der Waals surface area contributed by atoms with Gasteiger partial charge in [0.25, 0.3) is 0 Å². The van der Waals surface area contributed by atoms with E-state index in [1.54, 1.807) is 26.8 Å². The van der Waals surface area contributed by atoms with Crippen molar-refractivity contribution in [3.8, 4) is 0 Å². The number of aldehydes is 1. The average Bonchev–Trinajstić information content (AvgIpc) is 0.869. The van der Waals surface area contributed by atoms with Crippen LogP contribution in [-0.4, -0.2) is 83.9 Å². The summed E-state index contributed by atoms with van der Waals surface area (Å²) < 4.78 is 29.9. The van der Waals surface area contributed by atoms with Crippen molar-refractivity contribution in [1.82, 2.24) is 0 Å². The average molecular weight is 2010 g/mol. The number of benzene rings is 6. The molecule has 11 N–H and O–H groups in total. The molecule has 0 bridgehead atoms. The van der Waals surface area contributed by atoms with Gasteiger partial charge in [-0.3, -0.25) is 19.2 Å². The SMILES string of the molecule is C=CC(=O)OC(C)(C)C.CC.CCOC(=O)CC(N)c1cc(C)c[c-]c1C.CCOC(=O)C[C@@H](N)c1cc(C)c[c-]c1C.CCOC(=O)C[C@H](N)c1cc(C)c[c-]c1C.Cc1c[c-]c(C)c(/C=C/C(=O)OC(C)(C)C)c1.Cc1c[c-]c(C)c(C(CC(=O)OC(C)(C)C)ON)c1.Cc1c[c-]c(C)c(C=O)c1.NO.[Y].[Y].[Y].[Y].[Y].[Y]. The molecule has 6 aromatic rings. The maximum atomic E-state index is 11.8. The van der Waals surface area contributed by atoms with E-state index in [2.05, 4.69) is 48.9 Å². The third-order valence-corrected chi connectivity index (χ3v) is 14.1. The summed E-state index contributed by atoms with van der Waals surface area (Å²) in [5.41, 5.74) is 34.4. The second-order valence-electron chi connectivity index (χ2n) is 27.5. The van der Waals surface area contributed by atoms with Gasteiger partial charge < -0.3 is 60.5 Å². The van der Waals surface area contributed by atoms with E-state index in [9.17, 15) is 33.6 Å². The van der Waals surface area contributed by atoms with Crippen molar-refractivity contribution in [3.05, 3.63) is 228 Å². The molecule has 0 amide bonds. The smallest absolute Gasteiger partial charge is 0.330 e. The molecule has 26 heteroatoms. The summed E-state index contributed by atoms with van der Waals surface area (Å²) in [6.45, 7) is 53.7. The quantitative estimate of drug-likeness (QED) is 0.0103. The molecule has 0 heterocycles. The zero-order chi connectivity index (χ0) is 83.1. The van der Waals surface area contributed by atoms with Crippen molar-refractivity contribution in [1.29, 1.82) is 0 Å². The van der Waals surface area contributed by atoms with Crippen molar-refractivity contribution in [2.24, 2.45) is 29.0 Å². The zero-order valence-electron chi connectivity index (χ0n) is 72.2. The maximum Gasteiger partial charge on any atom is 0.330 e. The first-order valence-corrected chi connectivity index (χ1v) is 35.5. The molecule has 0 aliphatic rings. The van der Waals surface area contributed by atoms with E-state index in [1.807, 2.05) is 232 Å². The van der Waals surface area contributed by atoms with Crippen LogP contribution in [0.25, 0.3) is 6.08 Å².